The Labute approximate surface area is 165 Å². The maximum Gasteiger partial charge on any atom is 0.225 e. The number of halogens is 1. The van der Waals surface area contributed by atoms with Crippen molar-refractivity contribution >= 4 is 17.5 Å². The number of aryl methyl sites for hydroxylation is 2. The Morgan fingerprint density at radius 1 is 1.11 bits per heavy atom. The highest BCUT2D eigenvalue weighted by Crippen LogP contribution is 2.35. The quantitative estimate of drug-likeness (QED) is 0.775. The molecule has 144 valence electrons. The third kappa shape index (κ3) is 3.62. The van der Waals surface area contributed by atoms with Crippen LogP contribution in [0.15, 0.2) is 18.2 Å². The van der Waals surface area contributed by atoms with E-state index in [1.54, 1.807) is 0 Å². The summed E-state index contributed by atoms with van der Waals surface area (Å²) in [6, 6.07) is 6.06. The molecular formula is C21H27ClN4O. The second-order valence-electron chi connectivity index (χ2n) is 7.66. The molecule has 0 atom stereocenters. The number of amides is 1. The highest BCUT2D eigenvalue weighted by Gasteiger charge is 2.36. The fourth-order valence-corrected chi connectivity index (χ4v) is 4.28. The number of rotatable bonds is 5. The molecule has 27 heavy (non-hydrogen) atoms. The van der Waals surface area contributed by atoms with Crippen LogP contribution in [0.3, 0.4) is 0 Å². The molecule has 5 nitrogen and oxygen atoms in total. The summed E-state index contributed by atoms with van der Waals surface area (Å²) in [6.45, 7) is 5.92. The fourth-order valence-electron chi connectivity index (χ4n) is 4.09. The molecule has 2 fully saturated rings. The highest BCUT2D eigenvalue weighted by atomic mass is 35.5. The highest BCUT2D eigenvalue weighted by molar-refractivity contribution is 6.30. The lowest BCUT2D eigenvalue weighted by Gasteiger charge is -2.32. The van der Waals surface area contributed by atoms with E-state index in [2.05, 4.69) is 39.6 Å². The number of piperidine rings is 1. The second-order valence-corrected chi connectivity index (χ2v) is 8.10. The molecule has 1 saturated carbocycles. The standard InChI is InChI=1S/C21H27ClN4O/c1-3-14-13-17(22)7-8-18(14)26-19(4-2)23-24-20(26)15-9-11-25(12-10-15)21(27)16-5-6-16/h7-8,13,15-16H,3-6,9-12H2,1-2H3. The zero-order valence-electron chi connectivity index (χ0n) is 16.1. The van der Waals surface area contributed by atoms with Gasteiger partial charge in [-0.1, -0.05) is 25.4 Å². The summed E-state index contributed by atoms with van der Waals surface area (Å²) < 4.78 is 2.23. The Morgan fingerprint density at radius 3 is 2.48 bits per heavy atom. The van der Waals surface area contributed by atoms with Crippen LogP contribution in [-0.2, 0) is 17.6 Å². The van der Waals surface area contributed by atoms with Gasteiger partial charge in [0.25, 0.3) is 0 Å². The van der Waals surface area contributed by atoms with E-state index in [9.17, 15) is 4.79 Å². The minimum atomic E-state index is 0.304. The van der Waals surface area contributed by atoms with Gasteiger partial charge < -0.3 is 4.90 Å². The zero-order valence-corrected chi connectivity index (χ0v) is 16.9. The predicted octanol–water partition coefficient (Wildman–Crippen LogP) is 4.16. The van der Waals surface area contributed by atoms with Gasteiger partial charge in [-0.05, 0) is 55.9 Å². The van der Waals surface area contributed by atoms with Gasteiger partial charge in [-0.2, -0.15) is 0 Å². The van der Waals surface area contributed by atoms with Gasteiger partial charge in [0.1, 0.15) is 11.6 Å². The summed E-state index contributed by atoms with van der Waals surface area (Å²) in [6.07, 6.45) is 5.79. The third-order valence-corrected chi connectivity index (χ3v) is 6.07. The largest absolute Gasteiger partial charge is 0.342 e. The fraction of sp³-hybridized carbons (Fsp3) is 0.571. The van der Waals surface area contributed by atoms with Crippen LogP contribution in [0.5, 0.6) is 0 Å². The van der Waals surface area contributed by atoms with E-state index in [1.165, 1.54) is 5.56 Å². The van der Waals surface area contributed by atoms with Crippen molar-refractivity contribution in [1.82, 2.24) is 19.7 Å². The number of benzene rings is 1. The van der Waals surface area contributed by atoms with Crippen molar-refractivity contribution < 1.29 is 4.79 Å². The maximum atomic E-state index is 12.3. The summed E-state index contributed by atoms with van der Waals surface area (Å²) in [5.74, 6) is 3.01. The number of hydrogen-bond acceptors (Lipinski definition) is 3. The average molecular weight is 387 g/mol. The summed E-state index contributed by atoms with van der Waals surface area (Å²) >= 11 is 6.22. The Hall–Kier alpha value is -1.88. The minimum absolute atomic E-state index is 0.304. The van der Waals surface area contributed by atoms with Crippen LogP contribution in [0, 0.1) is 5.92 Å². The van der Waals surface area contributed by atoms with Crippen molar-refractivity contribution in [2.45, 2.75) is 58.3 Å². The lowest BCUT2D eigenvalue weighted by atomic mass is 9.95. The van der Waals surface area contributed by atoms with Crippen molar-refractivity contribution in [3.63, 3.8) is 0 Å². The van der Waals surface area contributed by atoms with Gasteiger partial charge >= 0.3 is 0 Å². The van der Waals surface area contributed by atoms with Gasteiger partial charge in [-0.25, -0.2) is 0 Å². The molecule has 1 aromatic heterocycles. The van der Waals surface area contributed by atoms with Crippen LogP contribution in [0.4, 0.5) is 0 Å². The monoisotopic (exact) mass is 386 g/mol. The van der Waals surface area contributed by atoms with Crippen molar-refractivity contribution in [3.05, 3.63) is 40.4 Å². The van der Waals surface area contributed by atoms with E-state index < -0.39 is 0 Å². The molecule has 1 aliphatic heterocycles. The summed E-state index contributed by atoms with van der Waals surface area (Å²) in [5, 5.41) is 9.81. The van der Waals surface area contributed by atoms with Crippen LogP contribution < -0.4 is 0 Å². The smallest absolute Gasteiger partial charge is 0.225 e. The van der Waals surface area contributed by atoms with Crippen molar-refractivity contribution in [1.29, 1.82) is 0 Å². The van der Waals surface area contributed by atoms with Crippen molar-refractivity contribution in [2.75, 3.05) is 13.1 Å². The molecule has 6 heteroatoms. The number of carbonyl (C=O) groups is 1. The van der Waals surface area contributed by atoms with Gasteiger partial charge in [0.2, 0.25) is 5.91 Å². The van der Waals surface area contributed by atoms with E-state index in [0.717, 1.165) is 74.0 Å². The molecular weight excluding hydrogens is 360 g/mol. The van der Waals surface area contributed by atoms with E-state index >= 15 is 0 Å². The second kappa shape index (κ2) is 7.63. The van der Waals surface area contributed by atoms with Gasteiger partial charge in [0, 0.05) is 36.4 Å². The van der Waals surface area contributed by atoms with E-state index in [-0.39, 0.29) is 0 Å². The van der Waals surface area contributed by atoms with E-state index in [0.29, 0.717) is 17.7 Å². The molecule has 2 heterocycles. The number of nitrogens with zero attached hydrogens (tertiary/aromatic N) is 4. The Kier molecular flexibility index (Phi) is 5.22. The van der Waals surface area contributed by atoms with Crippen molar-refractivity contribution in [3.8, 4) is 5.69 Å². The van der Waals surface area contributed by atoms with Gasteiger partial charge in [0.15, 0.2) is 0 Å². The molecule has 1 saturated heterocycles. The molecule has 0 bridgehead atoms. The van der Waals surface area contributed by atoms with Crippen LogP contribution in [0.2, 0.25) is 5.02 Å². The Morgan fingerprint density at radius 2 is 1.85 bits per heavy atom. The molecule has 2 aliphatic rings. The Balaban J connectivity index is 1.61. The molecule has 0 N–H and O–H groups in total. The molecule has 0 spiro atoms. The number of carbonyl (C=O) groups excluding carboxylic acids is 1. The number of likely N-dealkylation sites (tertiary alicyclic amines) is 1. The van der Waals surface area contributed by atoms with Crippen LogP contribution >= 0.6 is 11.6 Å². The first-order valence-corrected chi connectivity index (χ1v) is 10.5. The zero-order chi connectivity index (χ0) is 19.0. The number of aromatic nitrogens is 3. The molecule has 2 aromatic rings. The predicted molar refractivity (Wildman–Crippen MR) is 106 cm³/mol. The molecule has 1 aliphatic carbocycles. The first-order valence-electron chi connectivity index (χ1n) is 10.1. The van der Waals surface area contributed by atoms with Crippen LogP contribution in [0.25, 0.3) is 5.69 Å². The first-order chi connectivity index (χ1) is 13.1. The lowest BCUT2D eigenvalue weighted by molar-refractivity contribution is -0.133. The van der Waals surface area contributed by atoms with Gasteiger partial charge in [0.05, 0.1) is 5.69 Å². The number of hydrogen-bond donors (Lipinski definition) is 0. The lowest BCUT2D eigenvalue weighted by Crippen LogP contribution is -2.39. The average Bonchev–Trinajstić information content (AvgIpc) is 3.46. The summed E-state index contributed by atoms with van der Waals surface area (Å²) in [7, 11) is 0. The SMILES string of the molecule is CCc1cc(Cl)ccc1-n1c(CC)nnc1C1CCN(C(=O)C2CC2)CC1. The van der Waals surface area contributed by atoms with Gasteiger partial charge in [-0.3, -0.25) is 9.36 Å². The Bertz CT molecular complexity index is 835. The van der Waals surface area contributed by atoms with Crippen LogP contribution in [-0.4, -0.2) is 38.7 Å². The molecule has 1 aromatic carbocycles. The van der Waals surface area contributed by atoms with E-state index in [1.807, 2.05) is 12.1 Å². The van der Waals surface area contributed by atoms with Gasteiger partial charge in [-0.15, -0.1) is 10.2 Å². The maximum absolute atomic E-state index is 12.3. The summed E-state index contributed by atoms with van der Waals surface area (Å²) in [5.41, 5.74) is 2.34. The molecule has 0 radical (unpaired) electrons. The third-order valence-electron chi connectivity index (χ3n) is 5.83. The normalized spacial score (nSPS) is 18.1. The summed E-state index contributed by atoms with van der Waals surface area (Å²) in [4.78, 5) is 14.4. The molecule has 4 rings (SSSR count). The molecule has 1 amide bonds. The minimum Gasteiger partial charge on any atom is -0.342 e. The molecule has 0 unspecified atom stereocenters. The first kappa shape index (κ1) is 18.5. The van der Waals surface area contributed by atoms with Crippen molar-refractivity contribution in [2.24, 2.45) is 5.92 Å². The topological polar surface area (TPSA) is 51.0 Å². The van der Waals surface area contributed by atoms with E-state index in [4.69, 9.17) is 11.6 Å². The van der Waals surface area contributed by atoms with Crippen LogP contribution in [0.1, 0.15) is 62.7 Å².